The minimum atomic E-state index is -0.199. The van der Waals surface area contributed by atoms with Gasteiger partial charge >= 0.3 is 0 Å². The summed E-state index contributed by atoms with van der Waals surface area (Å²) in [4.78, 5) is 24.9. The first-order valence-electron chi connectivity index (χ1n) is 9.45. The number of hydrogen-bond acceptors (Lipinski definition) is 2. The second-order valence-electron chi connectivity index (χ2n) is 6.61. The summed E-state index contributed by atoms with van der Waals surface area (Å²) in [5.41, 5.74) is 3.29. The number of hydrogen-bond donors (Lipinski definition) is 2. The Hall–Kier alpha value is -3.40. The molecule has 2 amide bonds. The van der Waals surface area contributed by atoms with Crippen LogP contribution in [0, 0.1) is 0 Å². The first-order valence-corrected chi connectivity index (χ1v) is 9.45. The molecule has 28 heavy (non-hydrogen) atoms. The number of amides is 2. The topological polar surface area (TPSA) is 58.2 Å². The third kappa shape index (κ3) is 5.07. The quantitative estimate of drug-likeness (QED) is 0.629. The van der Waals surface area contributed by atoms with Crippen molar-refractivity contribution in [1.82, 2.24) is 5.32 Å². The van der Waals surface area contributed by atoms with Gasteiger partial charge in [0.05, 0.1) is 5.92 Å². The van der Waals surface area contributed by atoms with Crippen LogP contribution in [-0.2, 0) is 11.3 Å². The third-order valence-corrected chi connectivity index (χ3v) is 4.64. The minimum Gasteiger partial charge on any atom is -0.348 e. The Morgan fingerprint density at radius 3 is 2.04 bits per heavy atom. The van der Waals surface area contributed by atoms with E-state index in [1.54, 1.807) is 24.3 Å². The SMILES string of the molecule is CC[C@H](C(=O)Nc1ccc(C(=O)NCc2ccccc2)cc1)c1ccccc1. The van der Waals surface area contributed by atoms with Gasteiger partial charge in [0.15, 0.2) is 0 Å². The Morgan fingerprint density at radius 1 is 0.821 bits per heavy atom. The number of rotatable bonds is 7. The molecule has 0 aliphatic carbocycles. The predicted molar refractivity (Wildman–Crippen MR) is 112 cm³/mol. The van der Waals surface area contributed by atoms with Crippen molar-refractivity contribution in [3.8, 4) is 0 Å². The maximum atomic E-state index is 12.6. The number of carbonyl (C=O) groups excluding carboxylic acids is 2. The molecule has 0 bridgehead atoms. The van der Waals surface area contributed by atoms with E-state index < -0.39 is 0 Å². The normalized spacial score (nSPS) is 11.5. The van der Waals surface area contributed by atoms with Crippen LogP contribution in [0.5, 0.6) is 0 Å². The Balaban J connectivity index is 1.59. The van der Waals surface area contributed by atoms with Crippen molar-refractivity contribution in [2.75, 3.05) is 5.32 Å². The van der Waals surface area contributed by atoms with Crippen molar-refractivity contribution in [2.24, 2.45) is 0 Å². The van der Waals surface area contributed by atoms with Crippen molar-refractivity contribution in [1.29, 1.82) is 0 Å². The van der Waals surface area contributed by atoms with E-state index in [1.165, 1.54) is 0 Å². The molecule has 142 valence electrons. The van der Waals surface area contributed by atoms with Gasteiger partial charge in [0.1, 0.15) is 0 Å². The molecule has 4 nitrogen and oxygen atoms in total. The lowest BCUT2D eigenvalue weighted by molar-refractivity contribution is -0.117. The molecule has 2 N–H and O–H groups in total. The lowest BCUT2D eigenvalue weighted by atomic mass is 9.95. The van der Waals surface area contributed by atoms with Gasteiger partial charge in [-0.25, -0.2) is 0 Å². The van der Waals surface area contributed by atoms with Crippen molar-refractivity contribution in [3.05, 3.63) is 102 Å². The molecule has 3 aromatic rings. The monoisotopic (exact) mass is 372 g/mol. The summed E-state index contributed by atoms with van der Waals surface area (Å²) < 4.78 is 0. The summed E-state index contributed by atoms with van der Waals surface area (Å²) in [6.45, 7) is 2.48. The average molecular weight is 372 g/mol. The first-order chi connectivity index (χ1) is 13.7. The second-order valence-corrected chi connectivity index (χ2v) is 6.61. The largest absolute Gasteiger partial charge is 0.348 e. The number of carbonyl (C=O) groups is 2. The van der Waals surface area contributed by atoms with Crippen LogP contribution in [-0.4, -0.2) is 11.8 Å². The summed E-state index contributed by atoms with van der Waals surface area (Å²) in [6.07, 6.45) is 0.718. The molecule has 0 unspecified atom stereocenters. The second kappa shape index (κ2) is 9.51. The summed E-state index contributed by atoms with van der Waals surface area (Å²) in [6, 6.07) is 26.5. The molecule has 0 spiro atoms. The summed E-state index contributed by atoms with van der Waals surface area (Å²) in [7, 11) is 0. The zero-order chi connectivity index (χ0) is 19.8. The van der Waals surface area contributed by atoms with Crippen LogP contribution in [0.1, 0.15) is 40.7 Å². The van der Waals surface area contributed by atoms with E-state index in [0.29, 0.717) is 17.8 Å². The average Bonchev–Trinajstić information content (AvgIpc) is 2.74. The Kier molecular flexibility index (Phi) is 6.58. The molecule has 4 heteroatoms. The summed E-state index contributed by atoms with van der Waals surface area (Å²) in [5, 5.41) is 5.84. The van der Waals surface area contributed by atoms with Crippen LogP contribution in [0.4, 0.5) is 5.69 Å². The van der Waals surface area contributed by atoms with Crippen LogP contribution < -0.4 is 10.6 Å². The highest BCUT2D eigenvalue weighted by atomic mass is 16.2. The lowest BCUT2D eigenvalue weighted by Gasteiger charge is -2.15. The lowest BCUT2D eigenvalue weighted by Crippen LogP contribution is -2.23. The van der Waals surface area contributed by atoms with Crippen molar-refractivity contribution >= 4 is 17.5 Å². The van der Waals surface area contributed by atoms with Gasteiger partial charge in [-0.2, -0.15) is 0 Å². The number of nitrogens with one attached hydrogen (secondary N) is 2. The highest BCUT2D eigenvalue weighted by Crippen LogP contribution is 2.21. The maximum absolute atomic E-state index is 12.6. The predicted octanol–water partition coefficient (Wildman–Crippen LogP) is 4.75. The maximum Gasteiger partial charge on any atom is 0.251 e. The van der Waals surface area contributed by atoms with Gasteiger partial charge in [-0.15, -0.1) is 0 Å². The van der Waals surface area contributed by atoms with E-state index in [2.05, 4.69) is 10.6 Å². The van der Waals surface area contributed by atoms with E-state index in [0.717, 1.165) is 17.5 Å². The van der Waals surface area contributed by atoms with E-state index in [-0.39, 0.29) is 17.7 Å². The molecule has 0 radical (unpaired) electrons. The molecule has 0 aliphatic rings. The third-order valence-electron chi connectivity index (χ3n) is 4.64. The van der Waals surface area contributed by atoms with Gasteiger partial charge in [-0.1, -0.05) is 67.6 Å². The van der Waals surface area contributed by atoms with E-state index in [1.807, 2.05) is 67.6 Å². The van der Waals surface area contributed by atoms with Gasteiger partial charge in [0, 0.05) is 17.8 Å². The van der Waals surface area contributed by atoms with E-state index in [9.17, 15) is 9.59 Å². The smallest absolute Gasteiger partial charge is 0.251 e. The summed E-state index contributed by atoms with van der Waals surface area (Å²) in [5.74, 6) is -0.387. The van der Waals surface area contributed by atoms with Crippen LogP contribution in [0.3, 0.4) is 0 Å². The molecule has 0 aliphatic heterocycles. The molecule has 0 heterocycles. The van der Waals surface area contributed by atoms with Crippen LogP contribution in [0.2, 0.25) is 0 Å². The number of anilines is 1. The number of benzene rings is 3. The molecule has 1 atom stereocenters. The zero-order valence-corrected chi connectivity index (χ0v) is 15.9. The summed E-state index contributed by atoms with van der Waals surface area (Å²) >= 11 is 0. The molecule has 3 aromatic carbocycles. The van der Waals surface area contributed by atoms with Gasteiger partial charge in [0.2, 0.25) is 5.91 Å². The Labute approximate surface area is 165 Å². The minimum absolute atomic E-state index is 0.0463. The highest BCUT2D eigenvalue weighted by molar-refractivity contribution is 5.97. The Morgan fingerprint density at radius 2 is 1.43 bits per heavy atom. The molecular formula is C24H24N2O2. The fourth-order valence-electron chi connectivity index (χ4n) is 3.07. The van der Waals surface area contributed by atoms with Crippen LogP contribution >= 0.6 is 0 Å². The molecule has 0 aromatic heterocycles. The fourth-order valence-corrected chi connectivity index (χ4v) is 3.07. The fraction of sp³-hybridized carbons (Fsp3) is 0.167. The molecule has 0 saturated heterocycles. The van der Waals surface area contributed by atoms with Crippen LogP contribution in [0.25, 0.3) is 0 Å². The van der Waals surface area contributed by atoms with Gasteiger partial charge < -0.3 is 10.6 Å². The Bertz CT molecular complexity index is 906. The van der Waals surface area contributed by atoms with Gasteiger partial charge in [-0.3, -0.25) is 9.59 Å². The van der Waals surface area contributed by atoms with E-state index >= 15 is 0 Å². The molecular weight excluding hydrogens is 348 g/mol. The van der Waals surface area contributed by atoms with Gasteiger partial charge in [-0.05, 0) is 41.8 Å². The molecule has 0 fully saturated rings. The van der Waals surface area contributed by atoms with Gasteiger partial charge in [0.25, 0.3) is 5.91 Å². The van der Waals surface area contributed by atoms with Crippen molar-refractivity contribution in [2.45, 2.75) is 25.8 Å². The zero-order valence-electron chi connectivity index (χ0n) is 15.9. The molecule has 0 saturated carbocycles. The van der Waals surface area contributed by atoms with E-state index in [4.69, 9.17) is 0 Å². The standard InChI is InChI=1S/C24H24N2O2/c1-2-22(19-11-7-4-8-12-19)24(28)26-21-15-13-20(14-16-21)23(27)25-17-18-9-5-3-6-10-18/h3-16,22H,2,17H2,1H3,(H,25,27)(H,26,28)/t22-/m0/s1. The molecule has 3 rings (SSSR count). The van der Waals surface area contributed by atoms with Crippen molar-refractivity contribution < 1.29 is 9.59 Å². The highest BCUT2D eigenvalue weighted by Gasteiger charge is 2.18. The van der Waals surface area contributed by atoms with Crippen LogP contribution in [0.15, 0.2) is 84.9 Å². The first kappa shape index (κ1) is 19.4. The van der Waals surface area contributed by atoms with Crippen molar-refractivity contribution in [3.63, 3.8) is 0 Å².